The van der Waals surface area contributed by atoms with E-state index in [0.717, 1.165) is 24.5 Å². The molecule has 0 unspecified atom stereocenters. The second kappa shape index (κ2) is 6.48. The molecule has 19 heavy (non-hydrogen) atoms. The molecule has 0 bridgehead atoms. The molecule has 2 aromatic rings. The molecule has 7 nitrogen and oxygen atoms in total. The lowest BCUT2D eigenvalue weighted by molar-refractivity contribution is 0.918. The van der Waals surface area contributed by atoms with Gasteiger partial charge in [-0.25, -0.2) is 0 Å². The van der Waals surface area contributed by atoms with Crippen LogP contribution in [0.15, 0.2) is 24.4 Å². The van der Waals surface area contributed by atoms with Gasteiger partial charge in [-0.2, -0.15) is 20.2 Å². The number of nitrogen functional groups attached to an aromatic ring is 1. The molecule has 2 heterocycles. The van der Waals surface area contributed by atoms with Crippen molar-refractivity contribution in [1.82, 2.24) is 20.2 Å². The molecule has 0 spiro atoms. The van der Waals surface area contributed by atoms with Gasteiger partial charge in [0.05, 0.1) is 12.2 Å². The number of aromatic nitrogens is 4. The highest BCUT2D eigenvalue weighted by molar-refractivity contribution is 5.51. The number of hydrogen-bond donors (Lipinski definition) is 3. The van der Waals surface area contributed by atoms with Gasteiger partial charge >= 0.3 is 0 Å². The molecule has 0 fully saturated rings. The first-order valence-electron chi connectivity index (χ1n) is 6.17. The first kappa shape index (κ1) is 13.0. The van der Waals surface area contributed by atoms with Crippen LogP contribution < -0.4 is 16.4 Å². The molecule has 2 aromatic heterocycles. The molecule has 0 aliphatic carbocycles. The molecule has 4 N–H and O–H groups in total. The van der Waals surface area contributed by atoms with E-state index in [1.54, 1.807) is 6.20 Å². The van der Waals surface area contributed by atoms with E-state index in [4.69, 9.17) is 5.73 Å². The van der Waals surface area contributed by atoms with Crippen LogP contribution in [0.2, 0.25) is 0 Å². The summed E-state index contributed by atoms with van der Waals surface area (Å²) in [5.41, 5.74) is 6.51. The van der Waals surface area contributed by atoms with Crippen molar-refractivity contribution in [3.8, 4) is 0 Å². The normalized spacial score (nSPS) is 10.2. The molecule has 0 aliphatic rings. The van der Waals surface area contributed by atoms with Crippen molar-refractivity contribution in [1.29, 1.82) is 0 Å². The summed E-state index contributed by atoms with van der Waals surface area (Å²) in [7, 11) is 0. The van der Waals surface area contributed by atoms with E-state index < -0.39 is 0 Å². The maximum Gasteiger partial charge on any atom is 0.223 e. The molecule has 100 valence electrons. The molecular weight excluding hydrogens is 242 g/mol. The van der Waals surface area contributed by atoms with Crippen LogP contribution in [0, 0.1) is 0 Å². The predicted molar refractivity (Wildman–Crippen MR) is 74.6 cm³/mol. The first-order valence-corrected chi connectivity index (χ1v) is 6.17. The second-order valence-electron chi connectivity index (χ2n) is 3.99. The number of nitrogens with one attached hydrogen (secondary N) is 2. The minimum absolute atomic E-state index is 0.239. The van der Waals surface area contributed by atoms with Gasteiger partial charge in [0.2, 0.25) is 5.95 Å². The third-order valence-corrected chi connectivity index (χ3v) is 2.38. The van der Waals surface area contributed by atoms with E-state index >= 15 is 0 Å². The van der Waals surface area contributed by atoms with Crippen LogP contribution in [0.3, 0.4) is 0 Å². The summed E-state index contributed by atoms with van der Waals surface area (Å²) in [4.78, 5) is 8.24. The van der Waals surface area contributed by atoms with Gasteiger partial charge in [-0.3, -0.25) is 0 Å². The Hall–Kier alpha value is -2.44. The van der Waals surface area contributed by atoms with Crippen molar-refractivity contribution < 1.29 is 0 Å². The maximum absolute atomic E-state index is 5.67. The summed E-state index contributed by atoms with van der Waals surface area (Å²) < 4.78 is 0. The Bertz CT molecular complexity index is 515. The fourth-order valence-electron chi connectivity index (χ4n) is 1.51. The van der Waals surface area contributed by atoms with E-state index in [1.165, 1.54) is 0 Å². The highest BCUT2D eigenvalue weighted by Crippen LogP contribution is 2.13. The molecular formula is C12H17N7. The van der Waals surface area contributed by atoms with Crippen molar-refractivity contribution in [2.75, 3.05) is 22.9 Å². The van der Waals surface area contributed by atoms with E-state index in [0.29, 0.717) is 12.4 Å². The monoisotopic (exact) mass is 259 g/mol. The predicted octanol–water partition coefficient (Wildman–Crippen LogP) is 1.28. The summed E-state index contributed by atoms with van der Waals surface area (Å²) >= 11 is 0. The van der Waals surface area contributed by atoms with E-state index in [-0.39, 0.29) is 5.95 Å². The quantitative estimate of drug-likeness (QED) is 0.718. The standard InChI is InChI=1S/C12H17N7/c1-2-5-14-10-7-11(18-12(13)17-10)15-8-9-4-3-6-16-19-9/h3-4,6-7H,2,5,8H2,1H3,(H4,13,14,15,17,18). The Morgan fingerprint density at radius 1 is 1.21 bits per heavy atom. The van der Waals surface area contributed by atoms with Gasteiger partial charge in [-0.1, -0.05) is 6.92 Å². The molecule has 7 heteroatoms. The topological polar surface area (TPSA) is 102 Å². The van der Waals surface area contributed by atoms with Gasteiger partial charge in [0.1, 0.15) is 11.6 Å². The summed E-state index contributed by atoms with van der Waals surface area (Å²) in [6.07, 6.45) is 2.66. The average molecular weight is 259 g/mol. The SMILES string of the molecule is CCCNc1cc(NCc2cccnn2)nc(N)n1. The van der Waals surface area contributed by atoms with Gasteiger partial charge in [0, 0.05) is 18.8 Å². The lowest BCUT2D eigenvalue weighted by Crippen LogP contribution is -2.09. The molecule has 0 radical (unpaired) electrons. The zero-order valence-corrected chi connectivity index (χ0v) is 10.8. The van der Waals surface area contributed by atoms with Gasteiger partial charge in [-0.05, 0) is 18.6 Å². The fraction of sp³-hybridized carbons (Fsp3) is 0.333. The summed E-state index contributed by atoms with van der Waals surface area (Å²) in [5, 5.41) is 14.1. The van der Waals surface area contributed by atoms with Gasteiger partial charge in [0.15, 0.2) is 0 Å². The summed E-state index contributed by atoms with van der Waals surface area (Å²) in [6.45, 7) is 3.47. The van der Waals surface area contributed by atoms with Crippen LogP contribution in [0.25, 0.3) is 0 Å². The number of hydrogen-bond acceptors (Lipinski definition) is 7. The highest BCUT2D eigenvalue weighted by Gasteiger charge is 2.02. The third kappa shape index (κ3) is 4.06. The Morgan fingerprint density at radius 2 is 2.00 bits per heavy atom. The summed E-state index contributed by atoms with van der Waals surface area (Å²) in [5.74, 6) is 1.62. The van der Waals surface area contributed by atoms with Crippen molar-refractivity contribution >= 4 is 17.6 Å². The molecule has 0 amide bonds. The third-order valence-electron chi connectivity index (χ3n) is 2.38. The largest absolute Gasteiger partial charge is 0.370 e. The van der Waals surface area contributed by atoms with E-state index in [1.807, 2.05) is 18.2 Å². The van der Waals surface area contributed by atoms with Gasteiger partial charge in [0.25, 0.3) is 0 Å². The fourth-order valence-corrected chi connectivity index (χ4v) is 1.51. The van der Waals surface area contributed by atoms with E-state index in [9.17, 15) is 0 Å². The Balaban J connectivity index is 2.01. The van der Waals surface area contributed by atoms with E-state index in [2.05, 4.69) is 37.7 Å². The zero-order chi connectivity index (χ0) is 13.5. The average Bonchev–Trinajstić information content (AvgIpc) is 2.43. The van der Waals surface area contributed by atoms with Crippen LogP contribution in [0.4, 0.5) is 17.6 Å². The molecule has 2 rings (SSSR count). The molecule has 0 atom stereocenters. The number of nitrogens with zero attached hydrogens (tertiary/aromatic N) is 4. The molecule has 0 saturated carbocycles. The Labute approximate surface area is 111 Å². The minimum atomic E-state index is 0.239. The van der Waals surface area contributed by atoms with Crippen LogP contribution in [-0.2, 0) is 6.54 Å². The molecule has 0 aromatic carbocycles. The van der Waals surface area contributed by atoms with Crippen LogP contribution in [0.1, 0.15) is 19.0 Å². The zero-order valence-electron chi connectivity index (χ0n) is 10.8. The van der Waals surface area contributed by atoms with Crippen LogP contribution in [0.5, 0.6) is 0 Å². The van der Waals surface area contributed by atoms with Crippen LogP contribution >= 0.6 is 0 Å². The van der Waals surface area contributed by atoms with Gasteiger partial charge < -0.3 is 16.4 Å². The second-order valence-corrected chi connectivity index (χ2v) is 3.99. The maximum atomic E-state index is 5.67. The van der Waals surface area contributed by atoms with Gasteiger partial charge in [-0.15, -0.1) is 0 Å². The van der Waals surface area contributed by atoms with Crippen molar-refractivity contribution in [2.45, 2.75) is 19.9 Å². The summed E-state index contributed by atoms with van der Waals surface area (Å²) in [6, 6.07) is 5.55. The highest BCUT2D eigenvalue weighted by atomic mass is 15.1. The van der Waals surface area contributed by atoms with Crippen molar-refractivity contribution in [3.63, 3.8) is 0 Å². The molecule has 0 saturated heterocycles. The van der Waals surface area contributed by atoms with Crippen molar-refractivity contribution in [2.24, 2.45) is 0 Å². The lowest BCUT2D eigenvalue weighted by Gasteiger charge is -2.08. The number of nitrogens with two attached hydrogens (primary N) is 1. The Kier molecular flexibility index (Phi) is 4.44. The first-order chi connectivity index (χ1) is 9.28. The number of rotatable bonds is 6. The smallest absolute Gasteiger partial charge is 0.223 e. The molecule has 0 aliphatic heterocycles. The Morgan fingerprint density at radius 3 is 2.68 bits per heavy atom. The number of anilines is 3. The lowest BCUT2D eigenvalue weighted by atomic mass is 10.4. The van der Waals surface area contributed by atoms with Crippen molar-refractivity contribution in [3.05, 3.63) is 30.1 Å². The van der Waals surface area contributed by atoms with Crippen LogP contribution in [-0.4, -0.2) is 26.7 Å². The minimum Gasteiger partial charge on any atom is -0.370 e.